The summed E-state index contributed by atoms with van der Waals surface area (Å²) < 4.78 is 3.75. The minimum absolute atomic E-state index is 0.959. The van der Waals surface area contributed by atoms with Crippen LogP contribution in [-0.4, -0.2) is 6.54 Å². The first kappa shape index (κ1) is 18.3. The van der Waals surface area contributed by atoms with Crippen LogP contribution in [0.5, 0.6) is 0 Å². The van der Waals surface area contributed by atoms with Gasteiger partial charge in [0.15, 0.2) is 0 Å². The molecule has 5 rings (SSSR count). The fourth-order valence-electron chi connectivity index (χ4n) is 4.20. The first-order valence-corrected chi connectivity index (χ1v) is 11.8. The number of para-hydroxylation sites is 2. The van der Waals surface area contributed by atoms with Crippen molar-refractivity contribution in [3.8, 4) is 0 Å². The Balaban J connectivity index is 1.64. The van der Waals surface area contributed by atoms with Crippen LogP contribution in [-0.2, 0) is 6.54 Å². The van der Waals surface area contributed by atoms with E-state index in [4.69, 9.17) is 11.6 Å². The summed E-state index contributed by atoms with van der Waals surface area (Å²) in [5.74, 6) is 0. The van der Waals surface area contributed by atoms with E-state index in [1.54, 1.807) is 0 Å². The lowest BCUT2D eigenvalue weighted by molar-refractivity contribution is -0.665. The van der Waals surface area contributed by atoms with Crippen LogP contribution in [0.25, 0.3) is 15.8 Å². The van der Waals surface area contributed by atoms with E-state index in [0.29, 0.717) is 0 Å². The summed E-state index contributed by atoms with van der Waals surface area (Å²) in [5.41, 5.74) is 5.22. The van der Waals surface area contributed by atoms with E-state index in [0.717, 1.165) is 31.0 Å². The summed E-state index contributed by atoms with van der Waals surface area (Å²) in [6.45, 7) is 6.35. The Morgan fingerprint density at radius 1 is 1.00 bits per heavy atom. The number of allylic oxidation sites excluding steroid dienone is 3. The molecule has 0 N–H and O–H groups in total. The van der Waals surface area contributed by atoms with Gasteiger partial charge in [0.25, 0.3) is 5.01 Å². The summed E-state index contributed by atoms with van der Waals surface area (Å²) in [6, 6.07) is 17.3. The third kappa shape index (κ3) is 2.73. The van der Waals surface area contributed by atoms with Gasteiger partial charge in [0.05, 0.1) is 21.3 Å². The van der Waals surface area contributed by atoms with E-state index < -0.39 is 0 Å². The number of hydrogen-bond acceptors (Lipinski definition) is 3. The lowest BCUT2D eigenvalue weighted by atomic mass is 10.2. The van der Waals surface area contributed by atoms with Gasteiger partial charge in [0.2, 0.25) is 5.52 Å². The minimum Gasteiger partial charge on any atom is -0.335 e. The normalized spacial score (nSPS) is 19.2. The molecule has 0 atom stereocenters. The van der Waals surface area contributed by atoms with Crippen LogP contribution in [0, 0.1) is 0 Å². The molecule has 1 aliphatic carbocycles. The fraction of sp³-hybridized carbons (Fsp3) is 0.261. The minimum atomic E-state index is 0.959. The molecule has 0 bridgehead atoms. The molecule has 1 aliphatic heterocycles. The lowest BCUT2D eigenvalue weighted by Crippen LogP contribution is -2.34. The molecule has 28 heavy (non-hydrogen) atoms. The maximum absolute atomic E-state index is 7.06. The molecule has 0 radical (unpaired) electrons. The maximum Gasteiger partial charge on any atom is 0.267 e. The molecule has 0 fully saturated rings. The molecule has 1 aromatic heterocycles. The van der Waals surface area contributed by atoms with Crippen molar-refractivity contribution >= 4 is 56.2 Å². The van der Waals surface area contributed by atoms with Gasteiger partial charge in [-0.2, -0.15) is 4.57 Å². The monoisotopic (exact) mass is 425 g/mol. The number of nitrogens with zero attached hydrogens (tertiary/aromatic N) is 2. The molecule has 2 aliphatic rings. The van der Waals surface area contributed by atoms with E-state index in [1.165, 1.54) is 42.0 Å². The summed E-state index contributed by atoms with van der Waals surface area (Å²) in [4.78, 5) is 3.75. The fourth-order valence-corrected chi connectivity index (χ4v) is 7.29. The molecule has 0 unspecified atom stereocenters. The second kappa shape index (κ2) is 7.25. The number of halogens is 1. The van der Waals surface area contributed by atoms with Crippen LogP contribution in [0.1, 0.15) is 31.7 Å². The molecule has 0 saturated carbocycles. The predicted octanol–water partition coefficient (Wildman–Crippen LogP) is 6.80. The standard InChI is InChI=1S/C23H22ClN2S2/c1-3-25-17-9-5-7-11-19(17)27-22(25)15-13-14-16(21(15)24)23-26(4-2)18-10-6-8-12-20(18)28-23/h5-12H,3-4,13-14H2,1-2H3/q+1. The smallest absolute Gasteiger partial charge is 0.267 e. The van der Waals surface area contributed by atoms with Gasteiger partial charge in [-0.3, -0.25) is 0 Å². The van der Waals surface area contributed by atoms with E-state index in [1.807, 2.05) is 23.1 Å². The van der Waals surface area contributed by atoms with Gasteiger partial charge in [-0.15, -0.1) is 0 Å². The number of thioether (sulfide) groups is 1. The average Bonchev–Trinajstić information content (AvgIpc) is 3.39. The van der Waals surface area contributed by atoms with Crippen molar-refractivity contribution in [1.82, 2.24) is 0 Å². The highest BCUT2D eigenvalue weighted by Gasteiger charge is 2.34. The number of benzene rings is 2. The Morgan fingerprint density at radius 3 is 2.57 bits per heavy atom. The van der Waals surface area contributed by atoms with Crippen molar-refractivity contribution in [2.75, 3.05) is 11.4 Å². The number of thiazole rings is 1. The zero-order chi connectivity index (χ0) is 19.3. The number of aromatic nitrogens is 1. The highest BCUT2D eigenvalue weighted by molar-refractivity contribution is 8.03. The van der Waals surface area contributed by atoms with Gasteiger partial charge in [-0.25, -0.2) is 0 Å². The maximum atomic E-state index is 7.06. The summed E-state index contributed by atoms with van der Waals surface area (Å²) >= 11 is 10.8. The summed E-state index contributed by atoms with van der Waals surface area (Å²) in [6.07, 6.45) is 2.03. The van der Waals surface area contributed by atoms with Gasteiger partial charge in [0, 0.05) is 23.1 Å². The average molecular weight is 426 g/mol. The van der Waals surface area contributed by atoms with Crippen molar-refractivity contribution in [3.63, 3.8) is 0 Å². The Morgan fingerprint density at radius 2 is 1.75 bits per heavy atom. The van der Waals surface area contributed by atoms with Crippen LogP contribution >= 0.6 is 34.7 Å². The van der Waals surface area contributed by atoms with E-state index in [-0.39, 0.29) is 0 Å². The Kier molecular flexibility index (Phi) is 4.74. The summed E-state index contributed by atoms with van der Waals surface area (Å²) in [7, 11) is 0. The molecule has 0 saturated heterocycles. The largest absolute Gasteiger partial charge is 0.335 e. The van der Waals surface area contributed by atoms with Crippen LogP contribution in [0.15, 0.2) is 69.1 Å². The van der Waals surface area contributed by atoms with E-state index >= 15 is 0 Å². The molecule has 2 heterocycles. The van der Waals surface area contributed by atoms with Crippen molar-refractivity contribution in [1.29, 1.82) is 0 Å². The first-order valence-electron chi connectivity index (χ1n) is 9.81. The van der Waals surface area contributed by atoms with Crippen LogP contribution in [0.2, 0.25) is 0 Å². The molecule has 2 nitrogen and oxygen atoms in total. The zero-order valence-corrected chi connectivity index (χ0v) is 18.4. The number of rotatable bonds is 3. The van der Waals surface area contributed by atoms with Gasteiger partial charge in [-0.1, -0.05) is 59.0 Å². The molecule has 142 valence electrons. The van der Waals surface area contributed by atoms with Crippen LogP contribution < -0.4 is 9.47 Å². The molecule has 3 aromatic rings. The topological polar surface area (TPSA) is 7.12 Å². The van der Waals surface area contributed by atoms with Gasteiger partial charge in [-0.05, 0) is 44.9 Å². The quantitative estimate of drug-likeness (QED) is 0.426. The van der Waals surface area contributed by atoms with Crippen molar-refractivity contribution in [2.24, 2.45) is 0 Å². The Hall–Kier alpha value is -1.75. The molecular formula is C23H22ClN2S2+. The predicted molar refractivity (Wildman–Crippen MR) is 122 cm³/mol. The van der Waals surface area contributed by atoms with Crippen LogP contribution in [0.4, 0.5) is 5.69 Å². The van der Waals surface area contributed by atoms with Crippen molar-refractivity contribution in [3.05, 3.63) is 69.2 Å². The van der Waals surface area contributed by atoms with E-state index in [9.17, 15) is 0 Å². The number of fused-ring (bicyclic) bond motifs is 2. The third-order valence-electron chi connectivity index (χ3n) is 5.52. The highest BCUT2D eigenvalue weighted by atomic mass is 35.5. The Labute approximate surface area is 179 Å². The van der Waals surface area contributed by atoms with Gasteiger partial charge < -0.3 is 4.90 Å². The molecule has 2 aromatic carbocycles. The zero-order valence-electron chi connectivity index (χ0n) is 16.0. The number of hydrogen-bond donors (Lipinski definition) is 0. The molecule has 0 spiro atoms. The second-order valence-electron chi connectivity index (χ2n) is 7.01. The van der Waals surface area contributed by atoms with Gasteiger partial charge in [0.1, 0.15) is 11.2 Å². The SMILES string of the molecule is CCN1/C(=C2\CCC(c3sc4ccccc4[n+]3CC)=C2Cl)Sc2ccccc21. The van der Waals surface area contributed by atoms with Gasteiger partial charge >= 0.3 is 0 Å². The molecular weight excluding hydrogens is 404 g/mol. The second-order valence-corrected chi connectivity index (χ2v) is 9.45. The lowest BCUT2D eigenvalue weighted by Gasteiger charge is -2.20. The van der Waals surface area contributed by atoms with Crippen molar-refractivity contribution < 1.29 is 4.57 Å². The Bertz CT molecular complexity index is 1140. The molecule has 5 heteroatoms. The highest BCUT2D eigenvalue weighted by Crippen LogP contribution is 2.52. The summed E-state index contributed by atoms with van der Waals surface area (Å²) in [5, 5.41) is 3.59. The van der Waals surface area contributed by atoms with Crippen molar-refractivity contribution in [2.45, 2.75) is 38.1 Å². The number of anilines is 1. The van der Waals surface area contributed by atoms with Crippen LogP contribution in [0.3, 0.4) is 0 Å². The number of aryl methyl sites for hydroxylation is 1. The molecule has 0 amide bonds. The third-order valence-corrected chi connectivity index (χ3v) is 8.43. The first-order chi connectivity index (χ1) is 13.7. The van der Waals surface area contributed by atoms with E-state index in [2.05, 4.69) is 71.8 Å².